The van der Waals surface area contributed by atoms with Crippen LogP contribution in [0.4, 0.5) is 0 Å². The number of rotatable bonds is 12. The van der Waals surface area contributed by atoms with E-state index in [1.165, 1.54) is 50.5 Å². The second-order valence-corrected chi connectivity index (χ2v) is 7.95. The van der Waals surface area contributed by atoms with Gasteiger partial charge in [-0.3, -0.25) is 0 Å². The first kappa shape index (κ1) is 22.0. The lowest BCUT2D eigenvalue weighted by Crippen LogP contribution is -1.96. The van der Waals surface area contributed by atoms with E-state index in [0.717, 1.165) is 29.7 Å². The van der Waals surface area contributed by atoms with Crippen molar-refractivity contribution < 1.29 is 9.84 Å². The third-order valence-corrected chi connectivity index (χ3v) is 5.55. The van der Waals surface area contributed by atoms with Gasteiger partial charge in [-0.25, -0.2) is 0 Å². The second kappa shape index (κ2) is 12.1. The summed E-state index contributed by atoms with van der Waals surface area (Å²) in [5.74, 6) is 1.45. The van der Waals surface area contributed by atoms with Crippen molar-refractivity contribution in [3.8, 4) is 28.4 Å². The maximum Gasteiger partial charge on any atom is 0.177 e. The number of phenolic OH excluding ortho intramolecular Hbond substituents is 1. The molecule has 0 heterocycles. The Bertz CT molecular complexity index is 872. The molecule has 0 aliphatic heterocycles. The molecular weight excluding hydrogens is 368 g/mol. The molecule has 2 heteroatoms. The van der Waals surface area contributed by atoms with Crippen LogP contribution in [0.15, 0.2) is 72.8 Å². The van der Waals surface area contributed by atoms with E-state index in [9.17, 15) is 5.11 Å². The normalized spacial score (nSPS) is 10.8. The minimum Gasteiger partial charge on any atom is -0.504 e. The molecule has 0 unspecified atom stereocenters. The molecule has 0 bridgehead atoms. The van der Waals surface area contributed by atoms with Crippen LogP contribution in [0.5, 0.6) is 17.2 Å². The van der Waals surface area contributed by atoms with Crippen LogP contribution in [0.2, 0.25) is 0 Å². The molecule has 158 valence electrons. The predicted octanol–water partition coefficient (Wildman–Crippen LogP) is 8.53. The van der Waals surface area contributed by atoms with E-state index in [2.05, 4.69) is 25.1 Å². The third kappa shape index (κ3) is 6.38. The maximum atomic E-state index is 10.6. The number of para-hydroxylation sites is 1. The number of aryl methyl sites for hydroxylation is 1. The van der Waals surface area contributed by atoms with E-state index >= 15 is 0 Å². The zero-order valence-corrected chi connectivity index (χ0v) is 18.1. The first-order valence-electron chi connectivity index (χ1n) is 11.4. The molecule has 30 heavy (non-hydrogen) atoms. The van der Waals surface area contributed by atoms with Crippen LogP contribution >= 0.6 is 0 Å². The Labute approximate surface area is 181 Å². The smallest absolute Gasteiger partial charge is 0.177 e. The Kier molecular flexibility index (Phi) is 8.83. The standard InChI is InChI=1S/C28H34O2/c1-2-3-4-5-6-7-8-11-18-24-21-22-26(29)28(30-25-19-14-10-15-20-25)27(24)23-16-12-9-13-17-23/h9-10,12-17,19-22,29H,2-8,11,18H2,1H3. The van der Waals surface area contributed by atoms with Gasteiger partial charge in [0, 0.05) is 5.56 Å². The van der Waals surface area contributed by atoms with Gasteiger partial charge in [-0.1, -0.05) is 106 Å². The molecule has 3 aromatic carbocycles. The van der Waals surface area contributed by atoms with E-state index in [0.29, 0.717) is 5.75 Å². The highest BCUT2D eigenvalue weighted by Crippen LogP contribution is 2.43. The van der Waals surface area contributed by atoms with Crippen LogP contribution in [0.3, 0.4) is 0 Å². The summed E-state index contributed by atoms with van der Waals surface area (Å²) in [5.41, 5.74) is 3.31. The summed E-state index contributed by atoms with van der Waals surface area (Å²) in [6, 6.07) is 23.8. The zero-order chi connectivity index (χ0) is 21.0. The minimum atomic E-state index is 0.178. The molecule has 0 amide bonds. The summed E-state index contributed by atoms with van der Waals surface area (Å²) in [7, 11) is 0. The summed E-state index contributed by atoms with van der Waals surface area (Å²) in [4.78, 5) is 0. The largest absolute Gasteiger partial charge is 0.504 e. The van der Waals surface area contributed by atoms with Gasteiger partial charge >= 0.3 is 0 Å². The molecule has 1 N–H and O–H groups in total. The van der Waals surface area contributed by atoms with Gasteiger partial charge in [0.25, 0.3) is 0 Å². The fraction of sp³-hybridized carbons (Fsp3) is 0.357. The average molecular weight is 403 g/mol. The van der Waals surface area contributed by atoms with Crippen molar-refractivity contribution in [3.05, 3.63) is 78.4 Å². The van der Waals surface area contributed by atoms with Crippen LogP contribution in [0, 0.1) is 0 Å². The molecule has 0 radical (unpaired) electrons. The number of phenols is 1. The van der Waals surface area contributed by atoms with Gasteiger partial charge in [-0.2, -0.15) is 0 Å². The summed E-state index contributed by atoms with van der Waals surface area (Å²) in [5, 5.41) is 10.6. The number of benzene rings is 3. The highest BCUT2D eigenvalue weighted by molar-refractivity contribution is 5.77. The van der Waals surface area contributed by atoms with Crippen molar-refractivity contribution in [1.82, 2.24) is 0 Å². The van der Waals surface area contributed by atoms with Crippen molar-refractivity contribution >= 4 is 0 Å². The summed E-state index contributed by atoms with van der Waals surface area (Å²) < 4.78 is 6.17. The number of hydrogen-bond donors (Lipinski definition) is 1. The molecule has 0 atom stereocenters. The van der Waals surface area contributed by atoms with Gasteiger partial charge in [-0.15, -0.1) is 0 Å². The molecule has 0 fully saturated rings. The minimum absolute atomic E-state index is 0.178. The number of unbranched alkanes of at least 4 members (excludes halogenated alkanes) is 7. The fourth-order valence-electron chi connectivity index (χ4n) is 3.90. The number of aromatic hydroxyl groups is 1. The Morgan fingerprint density at radius 2 is 1.27 bits per heavy atom. The van der Waals surface area contributed by atoms with E-state index in [4.69, 9.17) is 4.74 Å². The fourth-order valence-corrected chi connectivity index (χ4v) is 3.90. The van der Waals surface area contributed by atoms with Crippen molar-refractivity contribution in [3.63, 3.8) is 0 Å². The SMILES string of the molecule is CCCCCCCCCCc1ccc(O)c(Oc2ccccc2)c1-c1ccccc1. The molecule has 0 saturated heterocycles. The van der Waals surface area contributed by atoms with Gasteiger partial charge in [0.1, 0.15) is 5.75 Å². The van der Waals surface area contributed by atoms with E-state index in [-0.39, 0.29) is 5.75 Å². The topological polar surface area (TPSA) is 29.5 Å². The Hall–Kier alpha value is -2.74. The van der Waals surface area contributed by atoms with Crippen LogP contribution in [-0.4, -0.2) is 5.11 Å². The highest BCUT2D eigenvalue weighted by atomic mass is 16.5. The monoisotopic (exact) mass is 402 g/mol. The van der Waals surface area contributed by atoms with E-state index < -0.39 is 0 Å². The molecule has 0 spiro atoms. The molecular formula is C28H34O2. The lowest BCUT2D eigenvalue weighted by molar-refractivity contribution is 0.412. The first-order valence-corrected chi connectivity index (χ1v) is 11.4. The average Bonchev–Trinajstić information content (AvgIpc) is 2.79. The van der Waals surface area contributed by atoms with Gasteiger partial charge in [0.05, 0.1) is 0 Å². The lowest BCUT2D eigenvalue weighted by Gasteiger charge is -2.17. The van der Waals surface area contributed by atoms with Crippen LogP contribution in [0.1, 0.15) is 63.9 Å². The van der Waals surface area contributed by atoms with Crippen LogP contribution in [-0.2, 0) is 6.42 Å². The molecule has 0 aliphatic carbocycles. The van der Waals surface area contributed by atoms with E-state index in [1.54, 1.807) is 6.07 Å². The Morgan fingerprint density at radius 1 is 0.667 bits per heavy atom. The summed E-state index contributed by atoms with van der Waals surface area (Å²) in [6.45, 7) is 2.26. The molecule has 0 saturated carbocycles. The van der Waals surface area contributed by atoms with Crippen molar-refractivity contribution in [1.29, 1.82) is 0 Å². The first-order chi connectivity index (χ1) is 14.8. The van der Waals surface area contributed by atoms with Crippen molar-refractivity contribution in [2.24, 2.45) is 0 Å². The molecule has 3 aromatic rings. The van der Waals surface area contributed by atoms with Crippen LogP contribution < -0.4 is 4.74 Å². The summed E-state index contributed by atoms with van der Waals surface area (Å²) in [6.07, 6.45) is 11.4. The number of ether oxygens (including phenoxy) is 1. The van der Waals surface area contributed by atoms with Gasteiger partial charge < -0.3 is 9.84 Å². The Balaban J connectivity index is 1.75. The zero-order valence-electron chi connectivity index (χ0n) is 18.1. The third-order valence-electron chi connectivity index (χ3n) is 5.55. The molecule has 0 aromatic heterocycles. The lowest BCUT2D eigenvalue weighted by atomic mass is 9.94. The van der Waals surface area contributed by atoms with Gasteiger partial charge in [0.15, 0.2) is 11.5 Å². The highest BCUT2D eigenvalue weighted by Gasteiger charge is 2.17. The predicted molar refractivity (Wildman–Crippen MR) is 126 cm³/mol. The quantitative estimate of drug-likeness (QED) is 0.308. The number of hydrogen-bond acceptors (Lipinski definition) is 2. The van der Waals surface area contributed by atoms with Crippen molar-refractivity contribution in [2.45, 2.75) is 64.7 Å². The Morgan fingerprint density at radius 3 is 1.93 bits per heavy atom. The second-order valence-electron chi connectivity index (χ2n) is 7.95. The molecule has 2 nitrogen and oxygen atoms in total. The van der Waals surface area contributed by atoms with Gasteiger partial charge in [0.2, 0.25) is 0 Å². The van der Waals surface area contributed by atoms with Gasteiger partial charge in [-0.05, 0) is 42.2 Å². The van der Waals surface area contributed by atoms with E-state index in [1.807, 2.05) is 48.5 Å². The van der Waals surface area contributed by atoms with Crippen molar-refractivity contribution in [2.75, 3.05) is 0 Å². The molecule has 3 rings (SSSR count). The maximum absolute atomic E-state index is 10.6. The molecule has 0 aliphatic rings. The van der Waals surface area contributed by atoms with Crippen LogP contribution in [0.25, 0.3) is 11.1 Å². The summed E-state index contributed by atoms with van der Waals surface area (Å²) >= 11 is 0.